The molecule has 1 fully saturated rings. The molecule has 4 rings (SSSR count). The van der Waals surface area contributed by atoms with Gasteiger partial charge in [-0.15, -0.1) is 0 Å². The van der Waals surface area contributed by atoms with Gasteiger partial charge in [0.05, 0.1) is 22.9 Å². The van der Waals surface area contributed by atoms with Gasteiger partial charge >= 0.3 is 5.97 Å². The van der Waals surface area contributed by atoms with Crippen LogP contribution in [0.3, 0.4) is 0 Å². The Morgan fingerprint density at radius 3 is 2.57 bits per heavy atom. The minimum absolute atomic E-state index is 0.0356. The van der Waals surface area contributed by atoms with Crippen molar-refractivity contribution in [2.24, 2.45) is 0 Å². The summed E-state index contributed by atoms with van der Waals surface area (Å²) in [5, 5.41) is 2.87. The highest BCUT2D eigenvalue weighted by molar-refractivity contribution is 7.80. The van der Waals surface area contributed by atoms with Gasteiger partial charge in [-0.05, 0) is 81.0 Å². The molecule has 1 aliphatic heterocycles. The van der Waals surface area contributed by atoms with E-state index in [9.17, 15) is 14.4 Å². The Kier molecular flexibility index (Phi) is 6.86. The van der Waals surface area contributed by atoms with E-state index in [0.29, 0.717) is 21.8 Å². The van der Waals surface area contributed by atoms with Crippen LogP contribution in [-0.4, -0.2) is 34.1 Å². The second-order valence-electron chi connectivity index (χ2n) is 7.84. The van der Waals surface area contributed by atoms with E-state index in [1.807, 2.05) is 30.5 Å². The lowest BCUT2D eigenvalue weighted by molar-refractivity contribution is -0.122. The zero-order chi connectivity index (χ0) is 25.3. The monoisotopic (exact) mass is 507 g/mol. The van der Waals surface area contributed by atoms with Crippen molar-refractivity contribution < 1.29 is 19.1 Å². The summed E-state index contributed by atoms with van der Waals surface area (Å²) in [5.41, 5.74) is 3.83. The molecule has 1 saturated heterocycles. The number of ether oxygens (including phenoxy) is 1. The van der Waals surface area contributed by atoms with Crippen LogP contribution >= 0.6 is 23.8 Å². The number of anilines is 1. The number of nitrogens with one attached hydrogen (secondary N) is 1. The maximum absolute atomic E-state index is 13.4. The van der Waals surface area contributed by atoms with Crippen LogP contribution < -0.4 is 10.2 Å². The number of hydrogen-bond donors (Lipinski definition) is 1. The van der Waals surface area contributed by atoms with Gasteiger partial charge in [0, 0.05) is 17.1 Å². The minimum atomic E-state index is -0.586. The molecule has 2 heterocycles. The van der Waals surface area contributed by atoms with E-state index in [-0.39, 0.29) is 17.3 Å². The van der Waals surface area contributed by atoms with Gasteiger partial charge in [0.25, 0.3) is 11.8 Å². The summed E-state index contributed by atoms with van der Waals surface area (Å²) in [6.07, 6.45) is 1.54. The summed E-state index contributed by atoms with van der Waals surface area (Å²) in [6.45, 7) is 5.81. The minimum Gasteiger partial charge on any atom is -0.462 e. The van der Waals surface area contributed by atoms with Crippen molar-refractivity contribution in [1.82, 2.24) is 9.88 Å². The number of aromatic nitrogens is 1. The first kappa shape index (κ1) is 24.4. The predicted molar refractivity (Wildman–Crippen MR) is 139 cm³/mol. The lowest BCUT2D eigenvalue weighted by atomic mass is 10.1. The Labute approximate surface area is 212 Å². The maximum atomic E-state index is 13.4. The van der Waals surface area contributed by atoms with E-state index in [0.717, 1.165) is 17.1 Å². The van der Waals surface area contributed by atoms with Gasteiger partial charge < -0.3 is 9.30 Å². The second kappa shape index (κ2) is 9.85. The van der Waals surface area contributed by atoms with Crippen LogP contribution in [0, 0.1) is 13.8 Å². The van der Waals surface area contributed by atoms with E-state index in [1.54, 1.807) is 49.4 Å². The van der Waals surface area contributed by atoms with Crippen molar-refractivity contribution in [3.05, 3.63) is 87.7 Å². The summed E-state index contributed by atoms with van der Waals surface area (Å²) >= 11 is 11.5. The average molecular weight is 508 g/mol. The molecule has 3 aromatic rings. The number of nitrogens with zero attached hydrogens (tertiary/aromatic N) is 2. The Hall–Kier alpha value is -3.75. The highest BCUT2D eigenvalue weighted by Crippen LogP contribution is 2.30. The van der Waals surface area contributed by atoms with Gasteiger partial charge in [0.15, 0.2) is 5.11 Å². The van der Waals surface area contributed by atoms with Crippen molar-refractivity contribution in [1.29, 1.82) is 0 Å². The molecular weight excluding hydrogens is 486 g/mol. The van der Waals surface area contributed by atoms with Gasteiger partial charge in [0.2, 0.25) is 0 Å². The highest BCUT2D eigenvalue weighted by Gasteiger charge is 2.35. The first-order chi connectivity index (χ1) is 16.7. The Bertz CT molecular complexity index is 1410. The van der Waals surface area contributed by atoms with E-state index >= 15 is 0 Å². The third kappa shape index (κ3) is 4.62. The number of halogens is 1. The van der Waals surface area contributed by atoms with Crippen LogP contribution in [0.25, 0.3) is 11.8 Å². The maximum Gasteiger partial charge on any atom is 0.338 e. The van der Waals surface area contributed by atoms with Crippen molar-refractivity contribution in [2.45, 2.75) is 20.8 Å². The molecule has 0 unspecified atom stereocenters. The van der Waals surface area contributed by atoms with Crippen LogP contribution in [0.15, 0.2) is 60.2 Å². The van der Waals surface area contributed by atoms with Gasteiger partial charge in [-0.25, -0.2) is 4.79 Å². The predicted octanol–water partition coefficient (Wildman–Crippen LogP) is 4.76. The fourth-order valence-electron chi connectivity index (χ4n) is 3.98. The number of rotatable bonds is 5. The molecule has 0 bridgehead atoms. The molecular formula is C26H22ClN3O4S. The number of benzene rings is 2. The number of esters is 1. The first-order valence-corrected chi connectivity index (χ1v) is 11.6. The van der Waals surface area contributed by atoms with E-state index in [1.165, 1.54) is 11.0 Å². The molecule has 0 radical (unpaired) electrons. The Morgan fingerprint density at radius 2 is 1.86 bits per heavy atom. The van der Waals surface area contributed by atoms with Gasteiger partial charge in [-0.2, -0.15) is 0 Å². The number of carbonyl (C=O) groups excluding carboxylic acids is 3. The van der Waals surface area contributed by atoms with E-state index in [2.05, 4.69) is 5.32 Å². The SMILES string of the molecule is CCOC(=O)c1cccc(-n2c(C)cc(/C=C3\C(=O)NC(=S)N(c4ccccc4Cl)C3=O)c2C)c1. The highest BCUT2D eigenvalue weighted by atomic mass is 35.5. The first-order valence-electron chi connectivity index (χ1n) is 10.9. The number of para-hydroxylation sites is 1. The van der Waals surface area contributed by atoms with Crippen LogP contribution in [0.5, 0.6) is 0 Å². The molecule has 1 aromatic heterocycles. The Morgan fingerprint density at radius 1 is 1.11 bits per heavy atom. The quantitative estimate of drug-likeness (QED) is 0.233. The molecule has 0 atom stereocenters. The lowest BCUT2D eigenvalue weighted by Crippen LogP contribution is -2.54. The van der Waals surface area contributed by atoms with E-state index in [4.69, 9.17) is 28.6 Å². The molecule has 178 valence electrons. The standard InChI is InChI=1S/C26H22ClN3O4S/c1-4-34-25(33)17-8-7-9-19(13-17)29-15(2)12-18(16(29)3)14-20-23(31)28-26(35)30(24(20)32)22-11-6-5-10-21(22)27/h5-14H,4H2,1-3H3,(H,28,31,35)/b20-14+. The van der Waals surface area contributed by atoms with Gasteiger partial charge in [-0.1, -0.05) is 29.8 Å². The molecule has 1 N–H and O–H groups in total. The van der Waals surface area contributed by atoms with E-state index < -0.39 is 17.8 Å². The van der Waals surface area contributed by atoms with Crippen molar-refractivity contribution >= 4 is 58.5 Å². The average Bonchev–Trinajstić information content (AvgIpc) is 3.10. The third-order valence-electron chi connectivity index (χ3n) is 5.58. The van der Waals surface area contributed by atoms with Gasteiger partial charge in [0.1, 0.15) is 5.57 Å². The molecule has 2 aromatic carbocycles. The summed E-state index contributed by atoms with van der Waals surface area (Å²) < 4.78 is 7.05. The molecule has 1 aliphatic rings. The molecule has 35 heavy (non-hydrogen) atoms. The van der Waals surface area contributed by atoms with Crippen LogP contribution in [0.1, 0.15) is 34.2 Å². The molecule has 7 nitrogen and oxygen atoms in total. The van der Waals surface area contributed by atoms with Crippen molar-refractivity contribution in [3.8, 4) is 5.69 Å². The number of aryl methyl sites for hydroxylation is 1. The summed E-state index contributed by atoms with van der Waals surface area (Å²) in [7, 11) is 0. The number of amides is 2. The number of hydrogen-bond acceptors (Lipinski definition) is 5. The number of thiocarbonyl (C=S) groups is 1. The molecule has 0 aliphatic carbocycles. The van der Waals surface area contributed by atoms with Crippen LogP contribution in [0.2, 0.25) is 5.02 Å². The summed E-state index contributed by atoms with van der Waals surface area (Å²) in [5.74, 6) is -1.56. The lowest BCUT2D eigenvalue weighted by Gasteiger charge is -2.29. The fraction of sp³-hybridized carbons (Fsp3) is 0.154. The summed E-state index contributed by atoms with van der Waals surface area (Å²) in [6, 6.07) is 15.7. The smallest absolute Gasteiger partial charge is 0.338 e. The van der Waals surface area contributed by atoms with Crippen molar-refractivity contribution in [2.75, 3.05) is 11.5 Å². The van der Waals surface area contributed by atoms with Crippen LogP contribution in [-0.2, 0) is 14.3 Å². The third-order valence-corrected chi connectivity index (χ3v) is 6.18. The van der Waals surface area contributed by atoms with Crippen molar-refractivity contribution in [3.63, 3.8) is 0 Å². The number of carbonyl (C=O) groups is 3. The molecule has 2 amide bonds. The molecule has 9 heteroatoms. The topological polar surface area (TPSA) is 80.6 Å². The van der Waals surface area contributed by atoms with Gasteiger partial charge in [-0.3, -0.25) is 19.8 Å². The molecule has 0 saturated carbocycles. The fourth-order valence-corrected chi connectivity index (χ4v) is 4.48. The Balaban J connectivity index is 1.75. The normalized spacial score (nSPS) is 14.9. The second-order valence-corrected chi connectivity index (χ2v) is 8.64. The molecule has 0 spiro atoms. The largest absolute Gasteiger partial charge is 0.462 e. The zero-order valence-corrected chi connectivity index (χ0v) is 20.9. The zero-order valence-electron chi connectivity index (χ0n) is 19.3. The summed E-state index contributed by atoms with van der Waals surface area (Å²) in [4.78, 5) is 39.5. The van der Waals surface area contributed by atoms with Crippen LogP contribution in [0.4, 0.5) is 5.69 Å².